The fourth-order valence-corrected chi connectivity index (χ4v) is 4.08. The molecule has 1 aliphatic rings. The molecule has 0 fully saturated rings. The highest BCUT2D eigenvalue weighted by molar-refractivity contribution is 9.10. The van der Waals surface area contributed by atoms with E-state index in [1.54, 1.807) is 7.05 Å². The number of aromatic nitrogens is 3. The lowest BCUT2D eigenvalue weighted by atomic mass is 10.1. The molecular formula is C22H18BrN3O4. The molecule has 0 aliphatic carbocycles. The standard InChI is InChI=1S/C22H18BrN3O4/c1-24-16-12-26(15-7-8-17-18(11-15)30-10-9-29-17)20(13-3-5-14(23)6-4-13)19(16)21(27)25(2)22(24)28/h3-8,11-12H,9-10H2,1-2H3. The van der Waals surface area contributed by atoms with E-state index in [4.69, 9.17) is 9.47 Å². The van der Waals surface area contributed by atoms with Gasteiger partial charge in [-0.05, 0) is 29.8 Å². The van der Waals surface area contributed by atoms with Crippen LogP contribution < -0.4 is 20.7 Å². The predicted octanol–water partition coefficient (Wildman–Crippen LogP) is 3.23. The minimum atomic E-state index is -0.366. The number of halogens is 1. The normalized spacial score (nSPS) is 13.0. The van der Waals surface area contributed by atoms with Crippen LogP contribution in [0.5, 0.6) is 11.5 Å². The molecule has 5 rings (SSSR count). The van der Waals surface area contributed by atoms with Crippen molar-refractivity contribution in [3.63, 3.8) is 0 Å². The number of hydrogen-bond acceptors (Lipinski definition) is 4. The van der Waals surface area contributed by atoms with Gasteiger partial charge in [0.2, 0.25) is 0 Å². The smallest absolute Gasteiger partial charge is 0.330 e. The van der Waals surface area contributed by atoms with E-state index in [0.717, 1.165) is 20.3 Å². The van der Waals surface area contributed by atoms with E-state index in [1.807, 2.05) is 53.2 Å². The molecule has 0 atom stereocenters. The SMILES string of the molecule is Cn1c(=O)c2c(-c3ccc(Br)cc3)n(-c3ccc4c(c3)OCCO4)cc2n(C)c1=O. The van der Waals surface area contributed by atoms with Gasteiger partial charge in [0.25, 0.3) is 5.56 Å². The molecule has 7 nitrogen and oxygen atoms in total. The number of ether oxygens (including phenoxy) is 2. The molecular weight excluding hydrogens is 450 g/mol. The number of hydrogen-bond donors (Lipinski definition) is 0. The van der Waals surface area contributed by atoms with Gasteiger partial charge in [-0.25, -0.2) is 4.79 Å². The van der Waals surface area contributed by atoms with Crippen LogP contribution in [-0.2, 0) is 14.1 Å². The zero-order valence-corrected chi connectivity index (χ0v) is 18.0. The number of benzene rings is 2. The van der Waals surface area contributed by atoms with E-state index in [1.165, 1.54) is 11.6 Å². The Labute approximate surface area is 179 Å². The molecule has 0 radical (unpaired) electrons. The minimum Gasteiger partial charge on any atom is -0.486 e. The first-order valence-electron chi connectivity index (χ1n) is 9.43. The topological polar surface area (TPSA) is 67.4 Å². The van der Waals surface area contributed by atoms with Gasteiger partial charge in [-0.15, -0.1) is 0 Å². The first-order valence-corrected chi connectivity index (χ1v) is 10.2. The number of fused-ring (bicyclic) bond motifs is 2. The van der Waals surface area contributed by atoms with Crippen LogP contribution in [-0.4, -0.2) is 26.9 Å². The van der Waals surface area contributed by atoms with Crippen molar-refractivity contribution in [3.05, 3.63) is 74.0 Å². The molecule has 4 aromatic rings. The summed E-state index contributed by atoms with van der Waals surface area (Å²) in [4.78, 5) is 25.6. The fourth-order valence-electron chi connectivity index (χ4n) is 3.82. The summed E-state index contributed by atoms with van der Waals surface area (Å²) in [6.07, 6.45) is 1.82. The van der Waals surface area contributed by atoms with Crippen molar-refractivity contribution in [2.45, 2.75) is 0 Å². The molecule has 2 aromatic carbocycles. The lowest BCUT2D eigenvalue weighted by Gasteiger charge is -2.19. The van der Waals surface area contributed by atoms with Crippen LogP contribution in [0.3, 0.4) is 0 Å². The summed E-state index contributed by atoms with van der Waals surface area (Å²) in [5.74, 6) is 1.34. The van der Waals surface area contributed by atoms with E-state index in [0.29, 0.717) is 41.3 Å². The Morgan fingerprint density at radius 2 is 1.60 bits per heavy atom. The Morgan fingerprint density at radius 1 is 0.900 bits per heavy atom. The maximum absolute atomic E-state index is 13.1. The second-order valence-corrected chi connectivity index (χ2v) is 8.06. The van der Waals surface area contributed by atoms with Crippen molar-refractivity contribution in [3.8, 4) is 28.4 Å². The molecule has 0 bridgehead atoms. The van der Waals surface area contributed by atoms with Crippen molar-refractivity contribution in [1.82, 2.24) is 13.7 Å². The summed E-state index contributed by atoms with van der Waals surface area (Å²) < 4.78 is 16.9. The summed E-state index contributed by atoms with van der Waals surface area (Å²) in [5, 5.41) is 0.483. The molecule has 1 aliphatic heterocycles. The number of nitrogens with zero attached hydrogens (tertiary/aromatic N) is 3. The molecule has 3 heterocycles. The van der Waals surface area contributed by atoms with Crippen LogP contribution in [0.25, 0.3) is 27.8 Å². The summed E-state index contributed by atoms with van der Waals surface area (Å²) in [5.41, 5.74) is 2.25. The van der Waals surface area contributed by atoms with Crippen LogP contribution in [0, 0.1) is 0 Å². The van der Waals surface area contributed by atoms with Crippen LogP contribution in [0.1, 0.15) is 0 Å². The first-order chi connectivity index (χ1) is 14.5. The zero-order valence-electron chi connectivity index (χ0n) is 16.4. The van der Waals surface area contributed by atoms with Crippen molar-refractivity contribution in [2.75, 3.05) is 13.2 Å². The Hall–Kier alpha value is -3.26. The average molecular weight is 468 g/mol. The lowest BCUT2D eigenvalue weighted by molar-refractivity contribution is 0.171. The Balaban J connectivity index is 1.88. The largest absolute Gasteiger partial charge is 0.486 e. The van der Waals surface area contributed by atoms with Gasteiger partial charge in [0.15, 0.2) is 11.5 Å². The molecule has 0 saturated heterocycles. The summed E-state index contributed by atoms with van der Waals surface area (Å²) in [7, 11) is 3.17. The van der Waals surface area contributed by atoms with Crippen LogP contribution in [0.4, 0.5) is 0 Å². The van der Waals surface area contributed by atoms with Gasteiger partial charge in [0.05, 0.1) is 16.6 Å². The van der Waals surface area contributed by atoms with Gasteiger partial charge >= 0.3 is 5.69 Å². The van der Waals surface area contributed by atoms with Gasteiger partial charge in [0, 0.05) is 36.5 Å². The van der Waals surface area contributed by atoms with Gasteiger partial charge in [0.1, 0.15) is 13.2 Å². The fraction of sp³-hybridized carbons (Fsp3) is 0.182. The van der Waals surface area contributed by atoms with E-state index in [-0.39, 0.29) is 11.2 Å². The Morgan fingerprint density at radius 3 is 2.33 bits per heavy atom. The van der Waals surface area contributed by atoms with E-state index < -0.39 is 0 Å². The minimum absolute atomic E-state index is 0.331. The third-order valence-electron chi connectivity index (χ3n) is 5.36. The van der Waals surface area contributed by atoms with E-state index >= 15 is 0 Å². The zero-order chi connectivity index (χ0) is 21.0. The molecule has 2 aromatic heterocycles. The monoisotopic (exact) mass is 467 g/mol. The van der Waals surface area contributed by atoms with Crippen LogP contribution >= 0.6 is 15.9 Å². The van der Waals surface area contributed by atoms with Crippen LogP contribution in [0.2, 0.25) is 0 Å². The Kier molecular flexibility index (Phi) is 4.32. The summed E-state index contributed by atoms with van der Waals surface area (Å²) in [6.45, 7) is 1.00. The number of rotatable bonds is 2. The molecule has 0 amide bonds. The van der Waals surface area contributed by atoms with Gasteiger partial charge in [-0.3, -0.25) is 13.9 Å². The van der Waals surface area contributed by atoms with Gasteiger partial charge < -0.3 is 14.0 Å². The van der Waals surface area contributed by atoms with Gasteiger partial charge in [-0.1, -0.05) is 28.1 Å². The molecule has 0 unspecified atom stereocenters. The van der Waals surface area contributed by atoms with Crippen molar-refractivity contribution in [2.24, 2.45) is 14.1 Å². The molecule has 0 saturated carbocycles. The maximum Gasteiger partial charge on any atom is 0.330 e. The molecule has 0 spiro atoms. The van der Waals surface area contributed by atoms with Crippen molar-refractivity contribution in [1.29, 1.82) is 0 Å². The highest BCUT2D eigenvalue weighted by atomic mass is 79.9. The molecule has 0 N–H and O–H groups in total. The quantitative estimate of drug-likeness (QED) is 0.453. The molecule has 30 heavy (non-hydrogen) atoms. The summed E-state index contributed by atoms with van der Waals surface area (Å²) >= 11 is 3.46. The molecule has 8 heteroatoms. The molecule has 152 valence electrons. The average Bonchev–Trinajstić information content (AvgIpc) is 3.17. The second kappa shape index (κ2) is 6.91. The first kappa shape index (κ1) is 18.7. The number of aryl methyl sites for hydroxylation is 1. The maximum atomic E-state index is 13.1. The highest BCUT2D eigenvalue weighted by Crippen LogP contribution is 2.36. The van der Waals surface area contributed by atoms with E-state index in [9.17, 15) is 9.59 Å². The predicted molar refractivity (Wildman–Crippen MR) is 118 cm³/mol. The second-order valence-electron chi connectivity index (χ2n) is 7.15. The highest BCUT2D eigenvalue weighted by Gasteiger charge is 2.21. The van der Waals surface area contributed by atoms with Crippen molar-refractivity contribution < 1.29 is 9.47 Å². The van der Waals surface area contributed by atoms with E-state index in [2.05, 4.69) is 15.9 Å². The van der Waals surface area contributed by atoms with Crippen molar-refractivity contribution >= 4 is 26.8 Å². The lowest BCUT2D eigenvalue weighted by Crippen LogP contribution is -2.36. The van der Waals surface area contributed by atoms with Gasteiger partial charge in [-0.2, -0.15) is 0 Å². The Bertz CT molecular complexity index is 1410. The van der Waals surface area contributed by atoms with Crippen LogP contribution in [0.15, 0.2) is 62.7 Å². The third-order valence-corrected chi connectivity index (χ3v) is 5.89. The third kappa shape index (κ3) is 2.79. The summed E-state index contributed by atoms with van der Waals surface area (Å²) in [6, 6.07) is 13.4.